The molecule has 0 saturated carbocycles. The molecule has 0 unspecified atom stereocenters. The van der Waals surface area contributed by atoms with Gasteiger partial charge in [-0.2, -0.15) is 0 Å². The molecule has 1 nitrogen and oxygen atoms in total. The van der Waals surface area contributed by atoms with Gasteiger partial charge >= 0.3 is 0 Å². The summed E-state index contributed by atoms with van der Waals surface area (Å²) in [7, 11) is 0. The minimum absolute atomic E-state index is 0.0204. The van der Waals surface area contributed by atoms with Gasteiger partial charge in [0.05, 0.1) is 0 Å². The van der Waals surface area contributed by atoms with Gasteiger partial charge in [0.2, 0.25) is 0 Å². The van der Waals surface area contributed by atoms with E-state index < -0.39 is 0 Å². The monoisotopic (exact) mass is 260 g/mol. The number of rotatable bonds is 1. The fourth-order valence-electron chi connectivity index (χ4n) is 1.26. The molecule has 1 aromatic heterocycles. The quantitative estimate of drug-likeness (QED) is 0.777. The van der Waals surface area contributed by atoms with Crippen molar-refractivity contribution >= 4 is 37.4 Å². The number of hydrogen-bond acceptors (Lipinski definition) is 2. The molecule has 0 aliphatic heterocycles. The van der Waals surface area contributed by atoms with E-state index in [-0.39, 0.29) is 11.6 Å². The van der Waals surface area contributed by atoms with Crippen LogP contribution < -0.4 is 0 Å². The number of halogens is 2. The summed E-state index contributed by atoms with van der Waals surface area (Å²) in [5, 5.41) is 12.3. The van der Waals surface area contributed by atoms with Crippen molar-refractivity contribution in [3.05, 3.63) is 28.9 Å². The summed E-state index contributed by atoms with van der Waals surface area (Å²) < 4.78 is 14.1. The lowest BCUT2D eigenvalue weighted by molar-refractivity contribution is 0.471. The van der Waals surface area contributed by atoms with Crippen molar-refractivity contribution in [1.29, 1.82) is 0 Å². The molecule has 0 saturated heterocycles. The minimum atomic E-state index is -0.356. The highest BCUT2D eigenvalue weighted by Crippen LogP contribution is 2.32. The van der Waals surface area contributed by atoms with Crippen LogP contribution in [0, 0.1) is 5.82 Å². The number of thiophene rings is 1. The van der Waals surface area contributed by atoms with Crippen molar-refractivity contribution in [1.82, 2.24) is 0 Å². The van der Waals surface area contributed by atoms with E-state index in [9.17, 15) is 4.39 Å². The molecule has 2 rings (SSSR count). The van der Waals surface area contributed by atoms with E-state index in [0.717, 1.165) is 16.3 Å². The fourth-order valence-corrected chi connectivity index (χ4v) is 2.93. The lowest BCUT2D eigenvalue weighted by Crippen LogP contribution is -1.79. The molecule has 1 heterocycles. The molecule has 0 fully saturated rings. The Bertz CT molecular complexity index is 452. The van der Waals surface area contributed by atoms with Crippen molar-refractivity contribution in [3.63, 3.8) is 0 Å². The van der Waals surface area contributed by atoms with Gasteiger partial charge in [0.25, 0.3) is 0 Å². The lowest BCUT2D eigenvalue weighted by Gasteiger charge is -1.97. The van der Waals surface area contributed by atoms with Gasteiger partial charge in [-0.05, 0) is 17.0 Å². The maximum Gasteiger partial charge on any atom is 0.135 e. The molecule has 2 aromatic rings. The summed E-state index contributed by atoms with van der Waals surface area (Å²) in [6, 6.07) is 2.72. The van der Waals surface area contributed by atoms with Crippen LogP contribution in [-0.4, -0.2) is 5.11 Å². The smallest absolute Gasteiger partial charge is 0.135 e. The number of phenolic OH excluding ortho intramolecular Hbond substituents is 1. The van der Waals surface area contributed by atoms with E-state index >= 15 is 0 Å². The lowest BCUT2D eigenvalue weighted by atomic mass is 10.2. The number of hydrogen-bond donors (Lipinski definition) is 1. The van der Waals surface area contributed by atoms with Gasteiger partial charge in [0, 0.05) is 21.5 Å². The SMILES string of the molecule is Oc1cc(F)c2c(CBr)csc2c1. The largest absolute Gasteiger partial charge is 0.508 e. The number of aromatic hydroxyl groups is 1. The zero-order valence-corrected chi connectivity index (χ0v) is 8.95. The van der Waals surface area contributed by atoms with Crippen LogP contribution in [0.1, 0.15) is 5.56 Å². The Labute approximate surface area is 86.9 Å². The molecular formula is C9H6BrFOS. The van der Waals surface area contributed by atoms with Crippen molar-refractivity contribution < 1.29 is 9.50 Å². The maximum absolute atomic E-state index is 13.4. The number of phenols is 1. The second-order valence-electron chi connectivity index (χ2n) is 2.70. The first-order chi connectivity index (χ1) is 6.22. The highest BCUT2D eigenvalue weighted by molar-refractivity contribution is 9.08. The van der Waals surface area contributed by atoms with Gasteiger partial charge in [-0.25, -0.2) is 4.39 Å². The molecule has 0 radical (unpaired) electrons. The molecular weight excluding hydrogens is 255 g/mol. The summed E-state index contributed by atoms with van der Waals surface area (Å²) in [5.41, 5.74) is 0.928. The normalized spacial score (nSPS) is 10.9. The molecule has 0 spiro atoms. The van der Waals surface area contributed by atoms with Crippen LogP contribution in [0.3, 0.4) is 0 Å². The average molecular weight is 261 g/mol. The third-order valence-corrected chi connectivity index (χ3v) is 3.41. The Balaban J connectivity index is 2.82. The van der Waals surface area contributed by atoms with E-state index in [4.69, 9.17) is 5.11 Å². The average Bonchev–Trinajstić information content (AvgIpc) is 2.47. The molecule has 0 atom stereocenters. The van der Waals surface area contributed by atoms with E-state index in [1.54, 1.807) is 6.07 Å². The van der Waals surface area contributed by atoms with Crippen LogP contribution in [0.25, 0.3) is 10.1 Å². The fraction of sp³-hybridized carbons (Fsp3) is 0.111. The van der Waals surface area contributed by atoms with Gasteiger partial charge < -0.3 is 5.11 Å². The number of benzene rings is 1. The van der Waals surface area contributed by atoms with Crippen LogP contribution >= 0.6 is 27.3 Å². The highest BCUT2D eigenvalue weighted by Gasteiger charge is 2.09. The zero-order chi connectivity index (χ0) is 9.42. The molecule has 0 amide bonds. The third kappa shape index (κ3) is 1.44. The standard InChI is InChI=1S/C9H6BrFOS/c10-3-5-4-13-8-2-6(12)1-7(11)9(5)8/h1-2,4,12H,3H2. The molecule has 68 valence electrons. The third-order valence-electron chi connectivity index (χ3n) is 1.83. The van der Waals surface area contributed by atoms with Crippen LogP contribution in [0.4, 0.5) is 4.39 Å². The molecule has 0 aliphatic carbocycles. The van der Waals surface area contributed by atoms with Crippen molar-refractivity contribution in [2.75, 3.05) is 0 Å². The Kier molecular flexibility index (Phi) is 2.26. The molecule has 4 heteroatoms. The summed E-state index contributed by atoms with van der Waals surface area (Å²) in [6.45, 7) is 0. The highest BCUT2D eigenvalue weighted by atomic mass is 79.9. The Morgan fingerprint density at radius 2 is 2.23 bits per heavy atom. The Morgan fingerprint density at radius 3 is 2.92 bits per heavy atom. The molecule has 1 aromatic carbocycles. The van der Waals surface area contributed by atoms with Crippen molar-refractivity contribution in [2.45, 2.75) is 5.33 Å². The zero-order valence-electron chi connectivity index (χ0n) is 6.55. The predicted octanol–water partition coefficient (Wildman–Crippen LogP) is 3.64. The van der Waals surface area contributed by atoms with Gasteiger partial charge in [0.15, 0.2) is 0 Å². The first-order valence-corrected chi connectivity index (χ1v) is 5.67. The molecule has 13 heavy (non-hydrogen) atoms. The Hall–Kier alpha value is -0.610. The van der Waals surface area contributed by atoms with Gasteiger partial charge in [-0.1, -0.05) is 15.9 Å². The van der Waals surface area contributed by atoms with Crippen LogP contribution in [0.15, 0.2) is 17.5 Å². The summed E-state index contributed by atoms with van der Waals surface area (Å²) in [4.78, 5) is 0. The molecule has 0 aliphatic rings. The molecule has 1 N–H and O–H groups in total. The summed E-state index contributed by atoms with van der Waals surface area (Å²) in [6.07, 6.45) is 0. The van der Waals surface area contributed by atoms with Crippen molar-refractivity contribution in [3.8, 4) is 5.75 Å². The summed E-state index contributed by atoms with van der Waals surface area (Å²) >= 11 is 4.72. The number of alkyl halides is 1. The summed E-state index contributed by atoms with van der Waals surface area (Å²) in [5.74, 6) is -0.376. The van der Waals surface area contributed by atoms with E-state index in [0.29, 0.717) is 10.7 Å². The van der Waals surface area contributed by atoms with Gasteiger partial charge in [-0.15, -0.1) is 11.3 Å². The number of fused-ring (bicyclic) bond motifs is 1. The first-order valence-electron chi connectivity index (χ1n) is 3.67. The topological polar surface area (TPSA) is 20.2 Å². The van der Waals surface area contributed by atoms with Crippen LogP contribution in [-0.2, 0) is 5.33 Å². The van der Waals surface area contributed by atoms with E-state index in [2.05, 4.69) is 15.9 Å². The van der Waals surface area contributed by atoms with Crippen LogP contribution in [0.2, 0.25) is 0 Å². The predicted molar refractivity (Wildman–Crippen MR) is 56.1 cm³/mol. The maximum atomic E-state index is 13.4. The molecule has 0 bridgehead atoms. The van der Waals surface area contributed by atoms with Crippen LogP contribution in [0.5, 0.6) is 5.75 Å². The van der Waals surface area contributed by atoms with Crippen molar-refractivity contribution in [2.24, 2.45) is 0 Å². The first kappa shape index (κ1) is 8.97. The second-order valence-corrected chi connectivity index (χ2v) is 4.17. The Morgan fingerprint density at radius 1 is 1.46 bits per heavy atom. The van der Waals surface area contributed by atoms with E-state index in [1.807, 2.05) is 5.38 Å². The minimum Gasteiger partial charge on any atom is -0.508 e. The second kappa shape index (κ2) is 3.27. The van der Waals surface area contributed by atoms with E-state index in [1.165, 1.54) is 11.3 Å². The van der Waals surface area contributed by atoms with Gasteiger partial charge in [0.1, 0.15) is 11.6 Å². The van der Waals surface area contributed by atoms with Gasteiger partial charge in [-0.3, -0.25) is 0 Å².